The van der Waals surface area contributed by atoms with Crippen LogP contribution in [0.15, 0.2) is 36.7 Å². The van der Waals surface area contributed by atoms with Crippen LogP contribution in [0.2, 0.25) is 0 Å². The Morgan fingerprint density at radius 1 is 0.625 bits per heavy atom. The summed E-state index contributed by atoms with van der Waals surface area (Å²) in [6, 6.07) is 8.34. The van der Waals surface area contributed by atoms with Crippen molar-refractivity contribution in [2.45, 2.75) is 13.1 Å². The van der Waals surface area contributed by atoms with Crippen molar-refractivity contribution in [3.8, 4) is 0 Å². The first-order valence-electron chi connectivity index (χ1n) is 11.1. The fourth-order valence-corrected chi connectivity index (χ4v) is 3.71. The molecule has 3 heterocycles. The van der Waals surface area contributed by atoms with Crippen molar-refractivity contribution in [1.29, 1.82) is 0 Å². The molecular formula is C24H32N8. The highest BCUT2D eigenvalue weighted by atomic mass is 15.1. The normalized spacial score (nSPS) is 12.1. The lowest BCUT2D eigenvalue weighted by molar-refractivity contribution is 0.399. The molecule has 4 rings (SSSR count). The van der Waals surface area contributed by atoms with Crippen LogP contribution in [-0.2, 0) is 13.1 Å². The lowest BCUT2D eigenvalue weighted by atomic mass is 10.1. The van der Waals surface area contributed by atoms with Crippen molar-refractivity contribution in [1.82, 2.24) is 40.4 Å². The van der Waals surface area contributed by atoms with E-state index < -0.39 is 0 Å². The lowest BCUT2D eigenvalue weighted by Crippen LogP contribution is -2.26. The van der Waals surface area contributed by atoms with Crippen molar-refractivity contribution in [2.24, 2.45) is 0 Å². The van der Waals surface area contributed by atoms with Gasteiger partial charge in [0.05, 0.1) is 33.5 Å². The summed E-state index contributed by atoms with van der Waals surface area (Å²) in [7, 11) is 8.31. The zero-order valence-corrected chi connectivity index (χ0v) is 19.4. The molecule has 0 fully saturated rings. The molecule has 0 unspecified atom stereocenters. The summed E-state index contributed by atoms with van der Waals surface area (Å²) in [6.45, 7) is 5.24. The molecule has 0 aliphatic rings. The summed E-state index contributed by atoms with van der Waals surface area (Å²) < 4.78 is 0. The first-order valence-corrected chi connectivity index (χ1v) is 11.1. The summed E-state index contributed by atoms with van der Waals surface area (Å²) >= 11 is 0. The Hall–Kier alpha value is -2.78. The number of benzene rings is 1. The third kappa shape index (κ3) is 5.16. The molecule has 3 aromatic heterocycles. The van der Waals surface area contributed by atoms with Gasteiger partial charge in [-0.05, 0) is 52.5 Å². The van der Waals surface area contributed by atoms with Crippen LogP contribution in [0.3, 0.4) is 0 Å². The topological polar surface area (TPSA) is 82.1 Å². The van der Waals surface area contributed by atoms with E-state index in [9.17, 15) is 0 Å². The molecule has 4 aromatic rings. The van der Waals surface area contributed by atoms with Crippen LogP contribution < -0.4 is 10.6 Å². The molecule has 0 atom stereocenters. The Morgan fingerprint density at radius 2 is 1.06 bits per heavy atom. The van der Waals surface area contributed by atoms with Crippen molar-refractivity contribution in [3.05, 3.63) is 48.0 Å². The molecule has 0 spiro atoms. The van der Waals surface area contributed by atoms with Crippen LogP contribution in [-0.4, -0.2) is 84.1 Å². The molecule has 1 aromatic carbocycles. The number of nitrogens with zero attached hydrogens (tertiary/aromatic N) is 6. The average Bonchev–Trinajstić information content (AvgIpc) is 2.79. The second kappa shape index (κ2) is 10.2. The Labute approximate surface area is 189 Å². The third-order valence-electron chi connectivity index (χ3n) is 5.42. The van der Waals surface area contributed by atoms with Gasteiger partial charge in [0.25, 0.3) is 0 Å². The smallest absolute Gasteiger partial charge is 0.0991 e. The lowest BCUT2D eigenvalue weighted by Gasteiger charge is -2.13. The van der Waals surface area contributed by atoms with Gasteiger partial charge in [-0.25, -0.2) is 9.97 Å². The van der Waals surface area contributed by atoms with Gasteiger partial charge >= 0.3 is 0 Å². The van der Waals surface area contributed by atoms with Gasteiger partial charge in [0, 0.05) is 62.4 Å². The molecule has 8 nitrogen and oxygen atoms in total. The second-order valence-corrected chi connectivity index (χ2v) is 8.61. The van der Waals surface area contributed by atoms with Crippen LogP contribution in [0, 0.1) is 0 Å². The SMILES string of the molecule is CN(C)CCNCc1ccc2c3nccnc3c3ccc(CNCCN(C)C)nc3c2n1. The quantitative estimate of drug-likeness (QED) is 0.291. The molecular weight excluding hydrogens is 400 g/mol. The van der Waals surface area contributed by atoms with Crippen molar-refractivity contribution < 1.29 is 0 Å². The van der Waals surface area contributed by atoms with Gasteiger partial charge in [-0.1, -0.05) is 0 Å². The molecule has 168 valence electrons. The van der Waals surface area contributed by atoms with E-state index in [1.165, 1.54) is 0 Å². The Bertz CT molecular complexity index is 1110. The molecule has 0 bridgehead atoms. The van der Waals surface area contributed by atoms with Gasteiger partial charge in [-0.15, -0.1) is 0 Å². The fourth-order valence-electron chi connectivity index (χ4n) is 3.71. The molecule has 0 aliphatic heterocycles. The summed E-state index contributed by atoms with van der Waals surface area (Å²) in [5.41, 5.74) is 5.50. The second-order valence-electron chi connectivity index (χ2n) is 8.61. The number of aromatic nitrogens is 4. The standard InChI is InChI=1S/C24H32N8/c1-31(2)13-11-25-15-17-5-7-19-21-22(28-10-9-27-21)20-8-6-18(16-26-12-14-32(3)4)30-24(20)23(19)29-17/h5-10,25-26H,11-16H2,1-4H3. The van der Waals surface area contributed by atoms with Crippen molar-refractivity contribution in [3.63, 3.8) is 0 Å². The summed E-state index contributed by atoms with van der Waals surface area (Å²) in [6.07, 6.45) is 3.47. The first kappa shape index (κ1) is 22.4. The number of likely N-dealkylation sites (N-methyl/N-ethyl adjacent to an activating group) is 2. The number of rotatable bonds is 10. The fraction of sp³-hybridized carbons (Fsp3) is 0.417. The molecule has 2 N–H and O–H groups in total. The van der Waals surface area contributed by atoms with Gasteiger partial charge in [0.15, 0.2) is 0 Å². The maximum absolute atomic E-state index is 5.00. The highest BCUT2D eigenvalue weighted by Gasteiger charge is 2.14. The minimum Gasteiger partial charge on any atom is -0.310 e. The maximum atomic E-state index is 5.00. The Morgan fingerprint density at radius 3 is 1.47 bits per heavy atom. The van der Waals surface area contributed by atoms with Crippen LogP contribution in [0.25, 0.3) is 32.8 Å². The molecule has 32 heavy (non-hydrogen) atoms. The number of hydrogen-bond acceptors (Lipinski definition) is 8. The monoisotopic (exact) mass is 432 g/mol. The minimum absolute atomic E-state index is 0.718. The minimum atomic E-state index is 0.718. The highest BCUT2D eigenvalue weighted by Crippen LogP contribution is 2.31. The van der Waals surface area contributed by atoms with Gasteiger partial charge in [-0.2, -0.15) is 0 Å². The van der Waals surface area contributed by atoms with E-state index in [0.29, 0.717) is 0 Å². The Kier molecular flexibility index (Phi) is 7.16. The van der Waals surface area contributed by atoms with Crippen LogP contribution in [0.5, 0.6) is 0 Å². The molecule has 0 radical (unpaired) electrons. The average molecular weight is 433 g/mol. The summed E-state index contributed by atoms with van der Waals surface area (Å²) in [5.74, 6) is 0. The van der Waals surface area contributed by atoms with Crippen LogP contribution in [0.4, 0.5) is 0 Å². The van der Waals surface area contributed by atoms with Gasteiger partial charge in [0.2, 0.25) is 0 Å². The van der Waals surface area contributed by atoms with Gasteiger partial charge in [0.1, 0.15) is 0 Å². The van der Waals surface area contributed by atoms with E-state index >= 15 is 0 Å². The van der Waals surface area contributed by atoms with Crippen molar-refractivity contribution in [2.75, 3.05) is 54.4 Å². The van der Waals surface area contributed by atoms with E-state index in [0.717, 1.165) is 83.5 Å². The van der Waals surface area contributed by atoms with Gasteiger partial charge in [-0.3, -0.25) is 9.97 Å². The largest absolute Gasteiger partial charge is 0.310 e. The molecule has 8 heteroatoms. The number of nitrogens with one attached hydrogen (secondary N) is 2. The number of fused-ring (bicyclic) bond motifs is 6. The van der Waals surface area contributed by atoms with E-state index in [1.54, 1.807) is 12.4 Å². The van der Waals surface area contributed by atoms with Crippen LogP contribution in [0.1, 0.15) is 11.4 Å². The Balaban J connectivity index is 1.71. The van der Waals surface area contributed by atoms with E-state index in [4.69, 9.17) is 9.97 Å². The molecule has 0 saturated carbocycles. The highest BCUT2D eigenvalue weighted by molar-refractivity contribution is 6.20. The van der Waals surface area contributed by atoms with Crippen molar-refractivity contribution >= 4 is 32.8 Å². The number of pyridine rings is 2. The van der Waals surface area contributed by atoms with Crippen LogP contribution >= 0.6 is 0 Å². The predicted molar refractivity (Wildman–Crippen MR) is 131 cm³/mol. The zero-order chi connectivity index (χ0) is 22.5. The number of hydrogen-bond donors (Lipinski definition) is 2. The first-order chi connectivity index (χ1) is 15.5. The third-order valence-corrected chi connectivity index (χ3v) is 5.42. The van der Waals surface area contributed by atoms with E-state index in [-0.39, 0.29) is 0 Å². The summed E-state index contributed by atoms with van der Waals surface area (Å²) in [5, 5.41) is 8.92. The van der Waals surface area contributed by atoms with E-state index in [2.05, 4.69) is 82.9 Å². The maximum Gasteiger partial charge on any atom is 0.0991 e. The summed E-state index contributed by atoms with van der Waals surface area (Å²) in [4.78, 5) is 23.6. The molecule has 0 amide bonds. The zero-order valence-electron chi connectivity index (χ0n) is 19.4. The van der Waals surface area contributed by atoms with E-state index in [1.807, 2.05) is 0 Å². The van der Waals surface area contributed by atoms with Gasteiger partial charge < -0.3 is 20.4 Å². The predicted octanol–water partition coefficient (Wildman–Crippen LogP) is 2.03. The molecule has 0 saturated heterocycles. The molecule has 0 aliphatic carbocycles.